The van der Waals surface area contributed by atoms with Gasteiger partial charge in [-0.3, -0.25) is 4.79 Å². The molecule has 4 nitrogen and oxygen atoms in total. The van der Waals surface area contributed by atoms with Gasteiger partial charge in [-0.25, -0.2) is 0 Å². The van der Waals surface area contributed by atoms with Gasteiger partial charge < -0.3 is 9.84 Å². The molecule has 0 spiro atoms. The molecule has 1 aliphatic rings. The lowest BCUT2D eigenvalue weighted by Gasteiger charge is -2.18. The Kier molecular flexibility index (Phi) is 3.30. The van der Waals surface area contributed by atoms with Gasteiger partial charge in [0.25, 0.3) is 5.91 Å². The lowest BCUT2D eigenvalue weighted by molar-refractivity contribution is 0.0894. The number of nitrogens with zero attached hydrogens (tertiary/aromatic N) is 1. The average molecular weight is 270 g/mol. The third kappa shape index (κ3) is 2.74. The molecule has 0 aliphatic heterocycles. The highest BCUT2D eigenvalue weighted by Gasteiger charge is 2.34. The van der Waals surface area contributed by atoms with Crippen LogP contribution in [0.25, 0.3) is 0 Å². The normalized spacial score (nSPS) is 15.9. The second-order valence-electron chi connectivity index (χ2n) is 5.53. The van der Waals surface area contributed by atoms with E-state index < -0.39 is 0 Å². The number of aromatic nitrogens is 1. The Morgan fingerprint density at radius 2 is 2.00 bits per heavy atom. The van der Waals surface area contributed by atoms with Gasteiger partial charge in [-0.15, -0.1) is 0 Å². The minimum atomic E-state index is -0.192. The molecule has 1 atom stereocenters. The molecular weight excluding hydrogens is 252 g/mol. The van der Waals surface area contributed by atoms with Crippen LogP contribution in [-0.2, 0) is 0 Å². The van der Waals surface area contributed by atoms with Gasteiger partial charge in [-0.05, 0) is 38.2 Å². The fourth-order valence-corrected chi connectivity index (χ4v) is 2.36. The second-order valence-corrected chi connectivity index (χ2v) is 5.53. The number of carbonyl (C=O) groups is 1. The van der Waals surface area contributed by atoms with Gasteiger partial charge in [0.2, 0.25) is 5.76 Å². The summed E-state index contributed by atoms with van der Waals surface area (Å²) in [6, 6.07) is 10.1. The first-order valence-corrected chi connectivity index (χ1v) is 6.94. The fraction of sp³-hybridized carbons (Fsp3) is 0.375. The van der Waals surface area contributed by atoms with E-state index in [1.807, 2.05) is 0 Å². The van der Waals surface area contributed by atoms with Crippen molar-refractivity contribution in [3.63, 3.8) is 0 Å². The summed E-state index contributed by atoms with van der Waals surface area (Å²) >= 11 is 0. The first kappa shape index (κ1) is 12.9. The summed E-state index contributed by atoms with van der Waals surface area (Å²) in [5.41, 5.74) is 3.09. The number of rotatable bonds is 4. The standard InChI is InChI=1S/C16H18N2O2/c1-10-3-5-12(6-4-10)15(13-7-8-13)17-16(19)14-9-11(2)18-20-14/h3-6,9,13,15H,7-8H2,1-2H3,(H,17,19). The summed E-state index contributed by atoms with van der Waals surface area (Å²) in [6.45, 7) is 3.87. The minimum absolute atomic E-state index is 0.0634. The van der Waals surface area contributed by atoms with Crippen LogP contribution in [0.1, 0.15) is 46.3 Å². The zero-order chi connectivity index (χ0) is 14.1. The van der Waals surface area contributed by atoms with E-state index >= 15 is 0 Å². The van der Waals surface area contributed by atoms with E-state index in [9.17, 15) is 4.79 Å². The van der Waals surface area contributed by atoms with E-state index in [0.717, 1.165) is 18.4 Å². The molecule has 1 N–H and O–H groups in total. The first-order valence-electron chi connectivity index (χ1n) is 6.94. The molecule has 0 saturated heterocycles. The van der Waals surface area contributed by atoms with Crippen molar-refractivity contribution in [2.45, 2.75) is 32.7 Å². The van der Waals surface area contributed by atoms with Crippen molar-refractivity contribution in [3.05, 3.63) is 52.9 Å². The number of aryl methyl sites for hydroxylation is 2. The Balaban J connectivity index is 1.78. The summed E-state index contributed by atoms with van der Waals surface area (Å²) in [7, 11) is 0. The van der Waals surface area contributed by atoms with Crippen LogP contribution in [0.5, 0.6) is 0 Å². The van der Waals surface area contributed by atoms with Crippen LogP contribution in [0.4, 0.5) is 0 Å². The summed E-state index contributed by atoms with van der Waals surface area (Å²) in [5.74, 6) is 0.619. The third-order valence-electron chi connectivity index (χ3n) is 3.67. The minimum Gasteiger partial charge on any atom is -0.351 e. The molecule has 0 bridgehead atoms. The zero-order valence-electron chi connectivity index (χ0n) is 11.7. The second kappa shape index (κ2) is 5.12. The highest BCUT2D eigenvalue weighted by Crippen LogP contribution is 2.41. The maximum absolute atomic E-state index is 12.2. The monoisotopic (exact) mass is 270 g/mol. The first-order chi connectivity index (χ1) is 9.63. The van der Waals surface area contributed by atoms with E-state index in [1.54, 1.807) is 13.0 Å². The van der Waals surface area contributed by atoms with Crippen LogP contribution in [0.15, 0.2) is 34.9 Å². The van der Waals surface area contributed by atoms with Gasteiger partial charge in [0, 0.05) is 6.07 Å². The van der Waals surface area contributed by atoms with Crippen molar-refractivity contribution in [2.75, 3.05) is 0 Å². The Hall–Kier alpha value is -2.10. The number of hydrogen-bond acceptors (Lipinski definition) is 3. The molecule has 0 radical (unpaired) electrons. The molecule has 2 aromatic rings. The summed E-state index contributed by atoms with van der Waals surface area (Å²) in [4.78, 5) is 12.2. The van der Waals surface area contributed by atoms with E-state index in [1.165, 1.54) is 5.56 Å². The topological polar surface area (TPSA) is 55.1 Å². The number of benzene rings is 1. The number of hydrogen-bond donors (Lipinski definition) is 1. The molecule has 1 aliphatic carbocycles. The SMILES string of the molecule is Cc1ccc(C(NC(=O)c2cc(C)no2)C2CC2)cc1. The Morgan fingerprint density at radius 3 is 2.55 bits per heavy atom. The molecule has 1 aromatic carbocycles. The van der Waals surface area contributed by atoms with E-state index in [2.05, 4.69) is 41.7 Å². The van der Waals surface area contributed by atoms with Crippen molar-refractivity contribution in [1.82, 2.24) is 10.5 Å². The summed E-state index contributed by atoms with van der Waals surface area (Å²) < 4.78 is 5.02. The number of amides is 1. The molecule has 1 heterocycles. The highest BCUT2D eigenvalue weighted by atomic mass is 16.5. The van der Waals surface area contributed by atoms with Crippen LogP contribution in [0.2, 0.25) is 0 Å². The predicted molar refractivity (Wildman–Crippen MR) is 75.4 cm³/mol. The van der Waals surface area contributed by atoms with Crippen molar-refractivity contribution >= 4 is 5.91 Å². The van der Waals surface area contributed by atoms with Gasteiger partial charge in [0.05, 0.1) is 11.7 Å². The maximum atomic E-state index is 12.2. The quantitative estimate of drug-likeness (QED) is 0.928. The Bertz CT molecular complexity index is 612. The Labute approximate surface area is 118 Å². The van der Waals surface area contributed by atoms with Gasteiger partial charge in [-0.2, -0.15) is 0 Å². The third-order valence-corrected chi connectivity index (χ3v) is 3.67. The molecule has 1 saturated carbocycles. The van der Waals surface area contributed by atoms with Crippen LogP contribution < -0.4 is 5.32 Å². The average Bonchev–Trinajstić information content (AvgIpc) is 3.18. The molecule has 1 amide bonds. The van der Waals surface area contributed by atoms with Crippen molar-refractivity contribution in [3.8, 4) is 0 Å². The lowest BCUT2D eigenvalue weighted by Crippen LogP contribution is -2.29. The maximum Gasteiger partial charge on any atom is 0.290 e. The van der Waals surface area contributed by atoms with E-state index in [4.69, 9.17) is 4.52 Å². The molecule has 1 fully saturated rings. The fourth-order valence-electron chi connectivity index (χ4n) is 2.36. The number of nitrogens with one attached hydrogen (secondary N) is 1. The predicted octanol–water partition coefficient (Wildman–Crippen LogP) is 3.17. The molecule has 104 valence electrons. The van der Waals surface area contributed by atoms with Crippen LogP contribution >= 0.6 is 0 Å². The van der Waals surface area contributed by atoms with Crippen molar-refractivity contribution in [2.24, 2.45) is 5.92 Å². The van der Waals surface area contributed by atoms with Crippen molar-refractivity contribution in [1.29, 1.82) is 0 Å². The summed E-state index contributed by atoms with van der Waals surface area (Å²) in [5, 5.41) is 6.83. The molecule has 4 heteroatoms. The molecule has 1 aromatic heterocycles. The molecule has 3 rings (SSSR count). The van der Waals surface area contributed by atoms with Gasteiger partial charge >= 0.3 is 0 Å². The van der Waals surface area contributed by atoms with E-state index in [-0.39, 0.29) is 17.7 Å². The van der Waals surface area contributed by atoms with Gasteiger partial charge in [0.1, 0.15) is 0 Å². The van der Waals surface area contributed by atoms with Crippen LogP contribution in [0, 0.1) is 19.8 Å². The van der Waals surface area contributed by atoms with Crippen LogP contribution in [-0.4, -0.2) is 11.1 Å². The van der Waals surface area contributed by atoms with Crippen LogP contribution in [0.3, 0.4) is 0 Å². The molecule has 1 unspecified atom stereocenters. The number of carbonyl (C=O) groups excluding carboxylic acids is 1. The highest BCUT2D eigenvalue weighted by molar-refractivity contribution is 5.91. The summed E-state index contributed by atoms with van der Waals surface area (Å²) in [6.07, 6.45) is 2.32. The Morgan fingerprint density at radius 1 is 1.30 bits per heavy atom. The zero-order valence-corrected chi connectivity index (χ0v) is 11.7. The molecule has 20 heavy (non-hydrogen) atoms. The van der Waals surface area contributed by atoms with Gasteiger partial charge in [0.15, 0.2) is 0 Å². The largest absolute Gasteiger partial charge is 0.351 e. The molecular formula is C16H18N2O2. The smallest absolute Gasteiger partial charge is 0.290 e. The van der Waals surface area contributed by atoms with E-state index in [0.29, 0.717) is 11.6 Å². The lowest BCUT2D eigenvalue weighted by atomic mass is 10.0. The van der Waals surface area contributed by atoms with Crippen molar-refractivity contribution < 1.29 is 9.32 Å². The van der Waals surface area contributed by atoms with Gasteiger partial charge in [-0.1, -0.05) is 35.0 Å².